The number of amides is 2. The molecule has 2 aliphatic carbocycles. The highest BCUT2D eigenvalue weighted by molar-refractivity contribution is 6.08. The van der Waals surface area contributed by atoms with Crippen LogP contribution in [0.5, 0.6) is 5.75 Å². The number of nitriles is 1. The fraction of sp³-hybridized carbons (Fsp3) is 0.273. The molecule has 0 aromatic heterocycles. The van der Waals surface area contributed by atoms with Gasteiger partial charge in [-0.3, -0.25) is 9.59 Å². The minimum absolute atomic E-state index is 0.0973. The summed E-state index contributed by atoms with van der Waals surface area (Å²) in [5.74, 6) is -0.198. The van der Waals surface area contributed by atoms with Crippen LogP contribution >= 0.6 is 0 Å². The number of benzene rings is 2. The highest BCUT2D eigenvalue weighted by Crippen LogP contribution is 2.52. The fourth-order valence-electron chi connectivity index (χ4n) is 4.76. The summed E-state index contributed by atoms with van der Waals surface area (Å²) in [7, 11) is 0. The molecule has 6 nitrogen and oxygen atoms in total. The zero-order chi connectivity index (χ0) is 19.3. The van der Waals surface area contributed by atoms with Crippen molar-refractivity contribution >= 4 is 28.8 Å². The maximum Gasteiger partial charge on any atom is 0.254 e. The summed E-state index contributed by atoms with van der Waals surface area (Å²) in [5.41, 5.74) is 0.645. The lowest BCUT2D eigenvalue weighted by atomic mass is 9.85. The Morgan fingerprint density at radius 1 is 1.11 bits per heavy atom. The molecule has 2 amide bonds. The van der Waals surface area contributed by atoms with Gasteiger partial charge in [-0.15, -0.1) is 0 Å². The summed E-state index contributed by atoms with van der Waals surface area (Å²) in [6.07, 6.45) is 6.51. The van der Waals surface area contributed by atoms with E-state index in [1.165, 1.54) is 6.21 Å². The van der Waals surface area contributed by atoms with Crippen molar-refractivity contribution in [1.29, 1.82) is 5.26 Å². The van der Waals surface area contributed by atoms with E-state index in [0.717, 1.165) is 22.2 Å². The molecule has 2 fully saturated rings. The van der Waals surface area contributed by atoms with Gasteiger partial charge in [0.25, 0.3) is 11.8 Å². The maximum atomic E-state index is 12.8. The summed E-state index contributed by atoms with van der Waals surface area (Å²) in [6.45, 7) is -0.0973. The number of rotatable bonds is 4. The van der Waals surface area contributed by atoms with Crippen molar-refractivity contribution in [2.45, 2.75) is 6.42 Å². The molecular formula is C22H17N3O3. The van der Waals surface area contributed by atoms with Gasteiger partial charge in [-0.2, -0.15) is 15.4 Å². The molecule has 0 N–H and O–H groups in total. The second-order valence-corrected chi connectivity index (χ2v) is 7.38. The lowest BCUT2D eigenvalue weighted by Gasteiger charge is -2.13. The van der Waals surface area contributed by atoms with Gasteiger partial charge >= 0.3 is 0 Å². The zero-order valence-electron chi connectivity index (χ0n) is 15.0. The molecule has 1 aliphatic heterocycles. The first-order valence-electron chi connectivity index (χ1n) is 9.30. The average molecular weight is 371 g/mol. The number of carbonyl (C=O) groups excluding carboxylic acids is 2. The Hall–Kier alpha value is -3.46. The predicted octanol–water partition coefficient (Wildman–Crippen LogP) is 2.88. The largest absolute Gasteiger partial charge is 0.478 e. The number of hydrazone groups is 1. The Balaban J connectivity index is 1.52. The van der Waals surface area contributed by atoms with E-state index in [0.29, 0.717) is 11.3 Å². The van der Waals surface area contributed by atoms with Crippen LogP contribution in [-0.4, -0.2) is 29.6 Å². The van der Waals surface area contributed by atoms with E-state index < -0.39 is 0 Å². The van der Waals surface area contributed by atoms with Crippen molar-refractivity contribution < 1.29 is 14.3 Å². The van der Waals surface area contributed by atoms with Gasteiger partial charge in [0.15, 0.2) is 6.61 Å². The summed E-state index contributed by atoms with van der Waals surface area (Å²) >= 11 is 0. The lowest BCUT2D eigenvalue weighted by Crippen LogP contribution is -2.28. The van der Waals surface area contributed by atoms with Crippen molar-refractivity contribution in [3.8, 4) is 11.8 Å². The van der Waals surface area contributed by atoms with E-state index in [9.17, 15) is 9.59 Å². The Morgan fingerprint density at radius 2 is 1.82 bits per heavy atom. The van der Waals surface area contributed by atoms with Crippen LogP contribution in [0, 0.1) is 35.0 Å². The number of hydrogen-bond acceptors (Lipinski definition) is 5. The standard InChI is InChI=1S/C22H17N3O3/c23-9-10-28-18-8-7-13-3-1-2-4-16(13)17(18)12-24-25-21(26)19-14-5-6-15(11-14)20(19)22(25)27/h1-8,12,14-15,19-20H,10-11H2/t14-,15-,19-,20+/m0/s1. The average Bonchev–Trinajstić information content (AvgIpc) is 3.39. The zero-order valence-corrected chi connectivity index (χ0v) is 15.0. The molecule has 2 aromatic rings. The van der Waals surface area contributed by atoms with Crippen LogP contribution in [0.25, 0.3) is 10.8 Å². The molecular weight excluding hydrogens is 354 g/mol. The summed E-state index contributed by atoms with van der Waals surface area (Å²) in [5, 5.41) is 16.0. The summed E-state index contributed by atoms with van der Waals surface area (Å²) < 4.78 is 5.53. The SMILES string of the molecule is N#CCOc1ccc2ccccc2c1C=NN1C(=O)[C@@H]2[C@H](C1=O)[C@H]1C=C[C@H]2C1. The van der Waals surface area contributed by atoms with Crippen LogP contribution in [0.3, 0.4) is 0 Å². The van der Waals surface area contributed by atoms with Gasteiger partial charge in [-0.05, 0) is 35.1 Å². The molecule has 1 saturated carbocycles. The number of fused-ring (bicyclic) bond motifs is 6. The van der Waals surface area contributed by atoms with E-state index in [2.05, 4.69) is 17.3 Å². The van der Waals surface area contributed by atoms with Crippen molar-refractivity contribution in [3.63, 3.8) is 0 Å². The fourth-order valence-corrected chi connectivity index (χ4v) is 4.76. The Morgan fingerprint density at radius 3 is 2.54 bits per heavy atom. The molecule has 138 valence electrons. The minimum atomic E-state index is -0.276. The summed E-state index contributed by atoms with van der Waals surface area (Å²) in [4.78, 5) is 25.6. The van der Waals surface area contributed by atoms with Crippen LogP contribution in [0.15, 0.2) is 53.7 Å². The van der Waals surface area contributed by atoms with E-state index in [1.54, 1.807) is 6.07 Å². The molecule has 4 atom stereocenters. The molecule has 6 heteroatoms. The molecule has 0 unspecified atom stereocenters. The third kappa shape index (κ3) is 2.36. The van der Waals surface area contributed by atoms with Crippen LogP contribution in [0.2, 0.25) is 0 Å². The van der Waals surface area contributed by atoms with Crippen molar-refractivity contribution in [3.05, 3.63) is 54.1 Å². The predicted molar refractivity (Wildman–Crippen MR) is 102 cm³/mol. The first-order chi connectivity index (χ1) is 13.7. The van der Waals surface area contributed by atoms with E-state index in [-0.39, 0.29) is 42.1 Å². The smallest absolute Gasteiger partial charge is 0.254 e. The van der Waals surface area contributed by atoms with Crippen molar-refractivity contribution in [1.82, 2.24) is 5.01 Å². The molecule has 0 radical (unpaired) electrons. The van der Waals surface area contributed by atoms with Gasteiger partial charge in [-0.1, -0.05) is 42.5 Å². The minimum Gasteiger partial charge on any atom is -0.478 e. The van der Waals surface area contributed by atoms with Gasteiger partial charge in [0.1, 0.15) is 11.8 Å². The Kier molecular flexibility index (Phi) is 3.76. The van der Waals surface area contributed by atoms with Crippen LogP contribution in [0.4, 0.5) is 0 Å². The van der Waals surface area contributed by atoms with Gasteiger partial charge in [0.2, 0.25) is 0 Å². The molecule has 2 bridgehead atoms. The van der Waals surface area contributed by atoms with Crippen LogP contribution in [0.1, 0.15) is 12.0 Å². The first-order valence-corrected chi connectivity index (χ1v) is 9.30. The first kappa shape index (κ1) is 16.7. The number of hydrogen-bond donors (Lipinski definition) is 0. The van der Waals surface area contributed by atoms with Crippen molar-refractivity contribution in [2.75, 3.05) is 6.61 Å². The van der Waals surface area contributed by atoms with Gasteiger partial charge in [-0.25, -0.2) is 0 Å². The number of carbonyl (C=O) groups is 2. The highest BCUT2D eigenvalue weighted by Gasteiger charge is 2.59. The molecule has 1 saturated heterocycles. The quantitative estimate of drug-likeness (QED) is 0.470. The van der Waals surface area contributed by atoms with E-state index in [1.807, 2.05) is 36.4 Å². The third-order valence-electron chi connectivity index (χ3n) is 5.97. The monoisotopic (exact) mass is 371 g/mol. The molecule has 1 heterocycles. The summed E-state index contributed by atoms with van der Waals surface area (Å²) in [6, 6.07) is 13.3. The molecule has 3 aliphatic rings. The molecule has 2 aromatic carbocycles. The molecule has 5 rings (SSSR count). The van der Waals surface area contributed by atoms with E-state index >= 15 is 0 Å². The third-order valence-corrected chi connectivity index (χ3v) is 5.97. The molecule has 0 spiro atoms. The maximum absolute atomic E-state index is 12.8. The number of imide groups is 1. The van der Waals surface area contributed by atoms with E-state index in [4.69, 9.17) is 10.00 Å². The number of allylic oxidation sites excluding steroid dienone is 2. The van der Waals surface area contributed by atoms with Gasteiger partial charge < -0.3 is 4.74 Å². The lowest BCUT2D eigenvalue weighted by molar-refractivity contribution is -0.140. The van der Waals surface area contributed by atoms with Crippen LogP contribution in [-0.2, 0) is 9.59 Å². The Labute approximate surface area is 161 Å². The van der Waals surface area contributed by atoms with Gasteiger partial charge in [0.05, 0.1) is 18.1 Å². The number of ether oxygens (including phenoxy) is 1. The van der Waals surface area contributed by atoms with Crippen molar-refractivity contribution in [2.24, 2.45) is 28.8 Å². The topological polar surface area (TPSA) is 82.8 Å². The number of nitrogens with zero attached hydrogens (tertiary/aromatic N) is 3. The molecule has 28 heavy (non-hydrogen) atoms. The van der Waals surface area contributed by atoms with Crippen LogP contribution < -0.4 is 4.74 Å². The second kappa shape index (κ2) is 6.31. The normalized spacial score (nSPS) is 27.8. The Bertz CT molecular complexity index is 1070. The van der Waals surface area contributed by atoms with Gasteiger partial charge in [0, 0.05) is 5.56 Å². The second-order valence-electron chi connectivity index (χ2n) is 7.38. The highest BCUT2D eigenvalue weighted by atomic mass is 16.5.